The molecule has 3 aromatic carbocycles. The van der Waals surface area contributed by atoms with Crippen molar-refractivity contribution in [3.05, 3.63) is 91.0 Å². The Balaban J connectivity index is 1.80. The highest BCUT2D eigenvalue weighted by molar-refractivity contribution is 7.64. The molecule has 4 heteroatoms. The van der Waals surface area contributed by atoms with E-state index in [0.29, 0.717) is 0 Å². The standard InChI is InChI=1S/C20H21BOPSi/c1-22-23(18-11-5-2-6-12-18)17-21-24(19-13-7-3-8-14-19)20-15-9-4-10-16-20/h2-16,24H,17H2,1H3. The predicted octanol–water partition coefficient (Wildman–Crippen LogP) is 2.56. The molecule has 0 aromatic heterocycles. The summed E-state index contributed by atoms with van der Waals surface area (Å²) in [5, 5.41) is 4.23. The molecule has 0 N–H and O–H groups in total. The zero-order chi connectivity index (χ0) is 16.6. The van der Waals surface area contributed by atoms with Crippen LogP contribution in [0.25, 0.3) is 0 Å². The maximum atomic E-state index is 5.81. The summed E-state index contributed by atoms with van der Waals surface area (Å²) in [7, 11) is -0.0929. The molecule has 1 nitrogen and oxygen atoms in total. The van der Waals surface area contributed by atoms with Crippen LogP contribution in [0.1, 0.15) is 0 Å². The molecule has 1 unspecified atom stereocenters. The van der Waals surface area contributed by atoms with Crippen LogP contribution in [0, 0.1) is 0 Å². The average Bonchev–Trinajstić information content (AvgIpc) is 2.67. The van der Waals surface area contributed by atoms with Gasteiger partial charge in [-0.15, -0.1) is 0 Å². The molecular formula is C20H21BOPSi. The third kappa shape index (κ3) is 4.45. The van der Waals surface area contributed by atoms with E-state index in [4.69, 9.17) is 4.52 Å². The summed E-state index contributed by atoms with van der Waals surface area (Å²) in [6.45, 7) is 2.53. The van der Waals surface area contributed by atoms with E-state index in [9.17, 15) is 0 Å². The van der Waals surface area contributed by atoms with Crippen molar-refractivity contribution >= 4 is 39.4 Å². The minimum atomic E-state index is -1.33. The Morgan fingerprint density at radius 3 is 1.67 bits per heavy atom. The molecule has 0 saturated heterocycles. The fourth-order valence-corrected chi connectivity index (χ4v) is 7.75. The fourth-order valence-electron chi connectivity index (χ4n) is 2.87. The molecule has 0 aliphatic rings. The lowest BCUT2D eigenvalue weighted by molar-refractivity contribution is 0.470. The molecule has 0 heterocycles. The molecule has 1 atom stereocenters. The summed E-state index contributed by atoms with van der Waals surface area (Å²) in [6.07, 6.45) is 0. The van der Waals surface area contributed by atoms with Crippen molar-refractivity contribution in [2.75, 3.05) is 13.2 Å². The smallest absolute Gasteiger partial charge is 0.120 e. The molecule has 0 spiro atoms. The summed E-state index contributed by atoms with van der Waals surface area (Å²) in [5.41, 5.74) is 0. The van der Waals surface area contributed by atoms with E-state index in [2.05, 4.69) is 97.9 Å². The number of rotatable bonds is 7. The molecule has 24 heavy (non-hydrogen) atoms. The Labute approximate surface area is 148 Å². The molecule has 119 valence electrons. The first-order valence-electron chi connectivity index (χ1n) is 8.18. The Hall–Kier alpha value is -1.67. The summed E-state index contributed by atoms with van der Waals surface area (Å²) in [6, 6.07) is 33.4. The normalized spacial score (nSPS) is 12.1. The minimum Gasteiger partial charge on any atom is -0.358 e. The van der Waals surface area contributed by atoms with Crippen LogP contribution in [0.5, 0.6) is 0 Å². The first-order chi connectivity index (χ1) is 11.9. The largest absolute Gasteiger partial charge is 0.358 e. The number of hydrogen-bond acceptors (Lipinski definition) is 1. The molecule has 0 fully saturated rings. The van der Waals surface area contributed by atoms with Crippen LogP contribution in [0.3, 0.4) is 0 Å². The Bertz CT molecular complexity index is 685. The molecule has 1 radical (unpaired) electrons. The highest BCUT2D eigenvalue weighted by atomic mass is 31.1. The van der Waals surface area contributed by atoms with Crippen LogP contribution in [-0.2, 0) is 4.52 Å². The zero-order valence-electron chi connectivity index (χ0n) is 13.9. The van der Waals surface area contributed by atoms with Gasteiger partial charge in [0.2, 0.25) is 0 Å². The number of benzene rings is 3. The summed E-state index contributed by atoms with van der Waals surface area (Å²) >= 11 is 0. The SMILES string of the molecule is COP(C[B][SiH](c1ccccc1)c1ccccc1)c1ccccc1. The predicted molar refractivity (Wildman–Crippen MR) is 110 cm³/mol. The van der Waals surface area contributed by atoms with Crippen molar-refractivity contribution in [2.24, 2.45) is 0 Å². The topological polar surface area (TPSA) is 9.23 Å². The third-order valence-corrected chi connectivity index (χ3v) is 9.26. The van der Waals surface area contributed by atoms with Gasteiger partial charge in [0.1, 0.15) is 6.87 Å². The van der Waals surface area contributed by atoms with Crippen molar-refractivity contribution in [3.63, 3.8) is 0 Å². The van der Waals surface area contributed by atoms with Gasteiger partial charge in [0.15, 0.2) is 0 Å². The summed E-state index contributed by atoms with van der Waals surface area (Å²) in [4.78, 5) is 0. The van der Waals surface area contributed by atoms with Crippen molar-refractivity contribution < 1.29 is 4.52 Å². The Morgan fingerprint density at radius 1 is 0.750 bits per heavy atom. The zero-order valence-corrected chi connectivity index (χ0v) is 15.9. The van der Waals surface area contributed by atoms with E-state index in [-0.39, 0.29) is 0 Å². The van der Waals surface area contributed by atoms with Crippen molar-refractivity contribution in [1.29, 1.82) is 0 Å². The van der Waals surface area contributed by atoms with E-state index < -0.39 is 16.8 Å². The molecule has 0 bridgehead atoms. The van der Waals surface area contributed by atoms with Crippen molar-refractivity contribution in [3.8, 4) is 0 Å². The lowest BCUT2D eigenvalue weighted by Crippen LogP contribution is -2.48. The maximum Gasteiger partial charge on any atom is 0.120 e. The van der Waals surface area contributed by atoms with E-state index >= 15 is 0 Å². The second-order valence-electron chi connectivity index (χ2n) is 5.61. The second kappa shape index (κ2) is 8.98. The van der Waals surface area contributed by atoms with Gasteiger partial charge in [-0.2, -0.15) is 0 Å². The van der Waals surface area contributed by atoms with Gasteiger partial charge < -0.3 is 4.52 Å². The molecule has 3 rings (SSSR count). The van der Waals surface area contributed by atoms with Crippen LogP contribution < -0.4 is 15.7 Å². The van der Waals surface area contributed by atoms with Crippen molar-refractivity contribution in [1.82, 2.24) is 0 Å². The second-order valence-corrected chi connectivity index (χ2v) is 10.4. The molecular weight excluding hydrogens is 326 g/mol. The van der Waals surface area contributed by atoms with Gasteiger partial charge in [-0.25, -0.2) is 0 Å². The lowest BCUT2D eigenvalue weighted by atomic mass is 10.2. The van der Waals surface area contributed by atoms with Crippen LogP contribution >= 0.6 is 8.15 Å². The van der Waals surface area contributed by atoms with E-state index in [0.717, 1.165) is 6.06 Å². The van der Waals surface area contributed by atoms with E-state index in [1.54, 1.807) is 0 Å². The van der Waals surface area contributed by atoms with Crippen molar-refractivity contribution in [2.45, 2.75) is 0 Å². The minimum absolute atomic E-state index is 0.588. The van der Waals surface area contributed by atoms with Crippen LogP contribution in [0.4, 0.5) is 0 Å². The monoisotopic (exact) mass is 347 g/mol. The maximum absolute atomic E-state index is 5.81. The van der Waals surface area contributed by atoms with Gasteiger partial charge in [-0.1, -0.05) is 101 Å². The molecule has 0 saturated carbocycles. The van der Waals surface area contributed by atoms with Gasteiger partial charge >= 0.3 is 0 Å². The van der Waals surface area contributed by atoms with Gasteiger partial charge in [0.05, 0.1) is 16.8 Å². The first kappa shape index (κ1) is 17.2. The molecule has 0 aliphatic carbocycles. The summed E-state index contributed by atoms with van der Waals surface area (Å²) in [5.74, 6) is 0. The Kier molecular flexibility index (Phi) is 6.42. The van der Waals surface area contributed by atoms with E-state index in [1.807, 2.05) is 7.11 Å². The third-order valence-electron chi connectivity index (χ3n) is 4.09. The highest BCUT2D eigenvalue weighted by Crippen LogP contribution is 2.33. The van der Waals surface area contributed by atoms with Crippen LogP contribution in [0.2, 0.25) is 0 Å². The van der Waals surface area contributed by atoms with Gasteiger partial charge in [0.25, 0.3) is 0 Å². The molecule has 0 aliphatic heterocycles. The average molecular weight is 347 g/mol. The fraction of sp³-hybridized carbons (Fsp3) is 0.100. The lowest BCUT2D eigenvalue weighted by Gasteiger charge is -2.20. The van der Waals surface area contributed by atoms with Gasteiger partial charge in [-0.05, 0) is 6.06 Å². The summed E-state index contributed by atoms with van der Waals surface area (Å²) < 4.78 is 5.81. The van der Waals surface area contributed by atoms with Crippen LogP contribution in [-0.4, -0.2) is 28.7 Å². The van der Waals surface area contributed by atoms with E-state index in [1.165, 1.54) is 15.7 Å². The molecule has 3 aromatic rings. The van der Waals surface area contributed by atoms with Gasteiger partial charge in [-0.3, -0.25) is 0 Å². The Morgan fingerprint density at radius 2 is 1.21 bits per heavy atom. The number of hydrogen-bond donors (Lipinski definition) is 0. The van der Waals surface area contributed by atoms with Gasteiger partial charge in [0, 0.05) is 12.4 Å². The first-order valence-corrected chi connectivity index (χ1v) is 11.4. The molecule has 0 amide bonds. The highest BCUT2D eigenvalue weighted by Gasteiger charge is 2.20. The quantitative estimate of drug-likeness (QED) is 0.472. The van der Waals surface area contributed by atoms with Crippen LogP contribution in [0.15, 0.2) is 91.0 Å².